The van der Waals surface area contributed by atoms with Gasteiger partial charge in [-0.1, -0.05) is 19.1 Å². The first-order valence-corrected chi connectivity index (χ1v) is 7.67. The number of rotatable bonds is 7. The largest absolute Gasteiger partial charge is 0.485 e. The zero-order valence-electron chi connectivity index (χ0n) is 13.8. The van der Waals surface area contributed by atoms with Crippen molar-refractivity contribution in [2.45, 2.75) is 33.7 Å². The summed E-state index contributed by atoms with van der Waals surface area (Å²) < 4.78 is 7.65. The van der Waals surface area contributed by atoms with E-state index in [4.69, 9.17) is 10.5 Å². The van der Waals surface area contributed by atoms with Gasteiger partial charge in [0.25, 0.3) is 5.91 Å². The van der Waals surface area contributed by atoms with Crippen LogP contribution in [0.15, 0.2) is 30.3 Å². The van der Waals surface area contributed by atoms with E-state index in [0.717, 1.165) is 24.4 Å². The van der Waals surface area contributed by atoms with E-state index in [-0.39, 0.29) is 18.0 Å². The molecular weight excluding hydrogens is 292 g/mol. The second-order valence-corrected chi connectivity index (χ2v) is 5.51. The Kier molecular flexibility index (Phi) is 5.21. The highest BCUT2D eigenvalue weighted by atomic mass is 16.5. The van der Waals surface area contributed by atoms with Gasteiger partial charge in [0.1, 0.15) is 5.75 Å². The quantitative estimate of drug-likeness (QED) is 0.799. The van der Waals surface area contributed by atoms with E-state index < -0.39 is 5.91 Å². The fourth-order valence-electron chi connectivity index (χ4n) is 2.67. The first kappa shape index (κ1) is 16.8. The van der Waals surface area contributed by atoms with E-state index in [1.54, 1.807) is 24.3 Å². The Bertz CT molecular complexity index is 732. The van der Waals surface area contributed by atoms with Crippen LogP contribution in [-0.2, 0) is 6.54 Å². The number of benzene rings is 1. The van der Waals surface area contributed by atoms with Crippen LogP contribution in [0.1, 0.15) is 45.4 Å². The Morgan fingerprint density at radius 1 is 1.17 bits per heavy atom. The number of nitrogens with two attached hydrogens (primary N) is 1. The number of hydrogen-bond acceptors (Lipinski definition) is 3. The van der Waals surface area contributed by atoms with Gasteiger partial charge in [-0.25, -0.2) is 0 Å². The molecule has 1 amide bonds. The van der Waals surface area contributed by atoms with Crippen molar-refractivity contribution in [3.05, 3.63) is 52.8 Å². The minimum Gasteiger partial charge on any atom is -0.485 e. The van der Waals surface area contributed by atoms with E-state index in [1.807, 2.05) is 19.9 Å². The second-order valence-electron chi connectivity index (χ2n) is 5.51. The fourth-order valence-corrected chi connectivity index (χ4v) is 2.67. The number of carbonyl (C=O) groups excluding carboxylic acids is 2. The molecule has 1 heterocycles. The van der Waals surface area contributed by atoms with Crippen LogP contribution in [0, 0.1) is 13.8 Å². The van der Waals surface area contributed by atoms with Crippen LogP contribution in [0.25, 0.3) is 0 Å². The molecule has 0 aliphatic heterocycles. The molecule has 1 aromatic heterocycles. The molecule has 0 aliphatic carbocycles. The van der Waals surface area contributed by atoms with Gasteiger partial charge in [-0.3, -0.25) is 9.59 Å². The number of ketones is 1. The number of Topliss-reactive ketones (excluding diaryl/α,β-unsaturated/α-hetero) is 1. The molecule has 2 N–H and O–H groups in total. The molecule has 0 spiro atoms. The fraction of sp³-hybridized carbons (Fsp3) is 0.333. The molecular formula is C18H22N2O3. The Morgan fingerprint density at radius 2 is 1.87 bits per heavy atom. The highest BCUT2D eigenvalue weighted by molar-refractivity contribution is 5.99. The van der Waals surface area contributed by atoms with Gasteiger partial charge in [-0.05, 0) is 38.5 Å². The van der Waals surface area contributed by atoms with Crippen molar-refractivity contribution >= 4 is 11.7 Å². The SMILES string of the molecule is CCCn1c(C)cc(C(=O)COc2ccccc2C(N)=O)c1C. The van der Waals surface area contributed by atoms with Gasteiger partial charge < -0.3 is 15.0 Å². The topological polar surface area (TPSA) is 74.3 Å². The van der Waals surface area contributed by atoms with Gasteiger partial charge in [-0.2, -0.15) is 0 Å². The molecule has 2 aromatic rings. The molecule has 0 unspecified atom stereocenters. The minimum absolute atomic E-state index is 0.111. The van der Waals surface area contributed by atoms with Crippen molar-refractivity contribution in [2.75, 3.05) is 6.61 Å². The lowest BCUT2D eigenvalue weighted by molar-refractivity contribution is 0.0911. The van der Waals surface area contributed by atoms with Gasteiger partial charge in [0, 0.05) is 23.5 Å². The van der Waals surface area contributed by atoms with Crippen molar-refractivity contribution in [1.82, 2.24) is 4.57 Å². The summed E-state index contributed by atoms with van der Waals surface area (Å²) in [7, 11) is 0. The second kappa shape index (κ2) is 7.13. The molecule has 122 valence electrons. The van der Waals surface area contributed by atoms with Crippen LogP contribution in [0.2, 0.25) is 0 Å². The number of aromatic nitrogens is 1. The predicted octanol–water partition coefficient (Wildman–Crippen LogP) is 2.88. The van der Waals surface area contributed by atoms with Gasteiger partial charge >= 0.3 is 0 Å². The summed E-state index contributed by atoms with van der Waals surface area (Å²) >= 11 is 0. The molecule has 0 atom stereocenters. The van der Waals surface area contributed by atoms with Crippen LogP contribution in [0.4, 0.5) is 0 Å². The lowest BCUT2D eigenvalue weighted by Gasteiger charge is -2.10. The number of amides is 1. The average Bonchev–Trinajstić information content (AvgIpc) is 2.81. The van der Waals surface area contributed by atoms with Gasteiger partial charge in [0.15, 0.2) is 6.61 Å². The molecule has 1 aromatic carbocycles. The normalized spacial score (nSPS) is 10.6. The van der Waals surface area contributed by atoms with Gasteiger partial charge in [-0.15, -0.1) is 0 Å². The van der Waals surface area contributed by atoms with E-state index in [9.17, 15) is 9.59 Å². The molecule has 0 aliphatic rings. The highest BCUT2D eigenvalue weighted by Gasteiger charge is 2.17. The van der Waals surface area contributed by atoms with Crippen molar-refractivity contribution in [1.29, 1.82) is 0 Å². The zero-order chi connectivity index (χ0) is 17.0. The monoisotopic (exact) mass is 314 g/mol. The summed E-state index contributed by atoms with van der Waals surface area (Å²) in [6, 6.07) is 8.53. The summed E-state index contributed by atoms with van der Waals surface area (Å²) in [6.07, 6.45) is 1.01. The number of hydrogen-bond donors (Lipinski definition) is 1. The molecule has 0 bridgehead atoms. The summed E-state index contributed by atoms with van der Waals surface area (Å²) in [4.78, 5) is 23.8. The van der Waals surface area contributed by atoms with E-state index in [2.05, 4.69) is 11.5 Å². The molecule has 0 radical (unpaired) electrons. The first-order valence-electron chi connectivity index (χ1n) is 7.67. The lowest BCUT2D eigenvalue weighted by atomic mass is 10.1. The molecule has 5 nitrogen and oxygen atoms in total. The maximum absolute atomic E-state index is 12.4. The average molecular weight is 314 g/mol. The van der Waals surface area contributed by atoms with Crippen LogP contribution in [-0.4, -0.2) is 22.9 Å². The van der Waals surface area contributed by atoms with Gasteiger partial charge in [0.05, 0.1) is 5.56 Å². The Morgan fingerprint density at radius 3 is 2.52 bits per heavy atom. The maximum Gasteiger partial charge on any atom is 0.252 e. The summed E-state index contributed by atoms with van der Waals surface area (Å²) in [5.41, 5.74) is 8.25. The van der Waals surface area contributed by atoms with Crippen LogP contribution < -0.4 is 10.5 Å². The predicted molar refractivity (Wildman–Crippen MR) is 89.0 cm³/mol. The van der Waals surface area contributed by atoms with Crippen molar-refractivity contribution in [3.63, 3.8) is 0 Å². The van der Waals surface area contributed by atoms with E-state index in [0.29, 0.717) is 11.3 Å². The number of ether oxygens (including phenoxy) is 1. The molecule has 0 fully saturated rings. The Labute approximate surface area is 136 Å². The third kappa shape index (κ3) is 3.62. The third-order valence-corrected chi connectivity index (χ3v) is 3.83. The van der Waals surface area contributed by atoms with Gasteiger partial charge in [0.2, 0.25) is 5.78 Å². The van der Waals surface area contributed by atoms with E-state index in [1.165, 1.54) is 0 Å². The molecule has 2 rings (SSSR count). The smallest absolute Gasteiger partial charge is 0.252 e. The zero-order valence-corrected chi connectivity index (χ0v) is 13.8. The molecule has 5 heteroatoms. The highest BCUT2D eigenvalue weighted by Crippen LogP contribution is 2.19. The first-order chi connectivity index (χ1) is 11.0. The number of primary amides is 1. The Balaban J connectivity index is 2.15. The summed E-state index contributed by atoms with van der Waals surface area (Å²) in [6.45, 7) is 6.79. The maximum atomic E-state index is 12.4. The number of carbonyl (C=O) groups is 2. The molecule has 0 saturated carbocycles. The number of aryl methyl sites for hydroxylation is 1. The van der Waals surface area contributed by atoms with Crippen molar-refractivity contribution < 1.29 is 14.3 Å². The van der Waals surface area contributed by atoms with Crippen LogP contribution in [0.3, 0.4) is 0 Å². The van der Waals surface area contributed by atoms with E-state index >= 15 is 0 Å². The van der Waals surface area contributed by atoms with Crippen LogP contribution in [0.5, 0.6) is 5.75 Å². The summed E-state index contributed by atoms with van der Waals surface area (Å²) in [5.74, 6) is -0.357. The number of para-hydroxylation sites is 1. The number of nitrogens with zero attached hydrogens (tertiary/aromatic N) is 1. The standard InChI is InChI=1S/C18H22N2O3/c1-4-9-20-12(2)10-15(13(20)3)16(21)11-23-17-8-6-5-7-14(17)18(19)22/h5-8,10H,4,9,11H2,1-3H3,(H2,19,22). The van der Waals surface area contributed by atoms with Crippen LogP contribution >= 0.6 is 0 Å². The summed E-state index contributed by atoms with van der Waals surface area (Å²) in [5, 5.41) is 0. The third-order valence-electron chi connectivity index (χ3n) is 3.83. The lowest BCUT2D eigenvalue weighted by Crippen LogP contribution is -2.17. The molecule has 0 saturated heterocycles. The van der Waals surface area contributed by atoms with Crippen molar-refractivity contribution in [2.24, 2.45) is 5.73 Å². The minimum atomic E-state index is -0.575. The van der Waals surface area contributed by atoms with Crippen molar-refractivity contribution in [3.8, 4) is 5.75 Å². The molecule has 23 heavy (non-hydrogen) atoms. The Hall–Kier alpha value is -2.56.